The van der Waals surface area contributed by atoms with E-state index in [9.17, 15) is 24.1 Å². The largest absolute Gasteiger partial charge is 0.350 e. The molecule has 4 rings (SSSR count). The third-order valence-corrected chi connectivity index (χ3v) is 5.36. The van der Waals surface area contributed by atoms with Crippen LogP contribution in [-0.2, 0) is 9.59 Å². The molecule has 1 N–H and O–H groups in total. The molecule has 0 bridgehead atoms. The zero-order valence-corrected chi connectivity index (χ0v) is 17.9. The summed E-state index contributed by atoms with van der Waals surface area (Å²) in [7, 11) is 0. The topological polar surface area (TPSA) is 92.6 Å². The van der Waals surface area contributed by atoms with Crippen molar-refractivity contribution in [3.63, 3.8) is 0 Å². The number of carbonyl (C=O) groups excluding carboxylic acids is 2. The van der Waals surface area contributed by atoms with Gasteiger partial charge in [0, 0.05) is 17.8 Å². The molecule has 3 aromatic rings. The molecular formula is C25H20FN3O4. The Hall–Kier alpha value is -4.33. The molecule has 0 aliphatic carbocycles. The molecule has 0 saturated heterocycles. The van der Waals surface area contributed by atoms with Crippen molar-refractivity contribution in [1.82, 2.24) is 0 Å². The molecule has 166 valence electrons. The Labute approximate surface area is 189 Å². The molecule has 0 radical (unpaired) electrons. The first-order chi connectivity index (χ1) is 15.8. The van der Waals surface area contributed by atoms with Gasteiger partial charge in [0.25, 0.3) is 17.5 Å². The molecule has 2 amide bonds. The Bertz CT molecular complexity index is 1280. The summed E-state index contributed by atoms with van der Waals surface area (Å²) in [6.45, 7) is 4.13. The summed E-state index contributed by atoms with van der Waals surface area (Å²) in [5.41, 5.74) is 2.05. The molecule has 1 aliphatic rings. The van der Waals surface area contributed by atoms with E-state index in [1.54, 1.807) is 12.1 Å². The van der Waals surface area contributed by atoms with Gasteiger partial charge in [0.15, 0.2) is 0 Å². The standard InChI is InChI=1S/C25H20FN3O4/c1-15(2)16-6-10-19(11-7-16)27-23-22(17-8-12-20(13-9-17)29(32)33)24(30)28(25(23)31)21-5-3-4-18(26)14-21/h3-15,27H,1-2H3. The molecule has 0 fully saturated rings. The van der Waals surface area contributed by atoms with Gasteiger partial charge in [0.2, 0.25) is 0 Å². The highest BCUT2D eigenvalue weighted by molar-refractivity contribution is 6.46. The molecule has 0 spiro atoms. The van der Waals surface area contributed by atoms with Crippen LogP contribution in [-0.4, -0.2) is 16.7 Å². The van der Waals surface area contributed by atoms with Gasteiger partial charge in [-0.05, 0) is 59.5 Å². The van der Waals surface area contributed by atoms with Crippen LogP contribution >= 0.6 is 0 Å². The monoisotopic (exact) mass is 445 g/mol. The predicted octanol–water partition coefficient (Wildman–Crippen LogP) is 5.25. The summed E-state index contributed by atoms with van der Waals surface area (Å²) in [5.74, 6) is -1.56. The van der Waals surface area contributed by atoms with Gasteiger partial charge in [-0.25, -0.2) is 9.29 Å². The second-order valence-electron chi connectivity index (χ2n) is 7.88. The number of non-ortho nitro benzene ring substituents is 1. The lowest BCUT2D eigenvalue weighted by atomic mass is 10.0. The lowest BCUT2D eigenvalue weighted by molar-refractivity contribution is -0.384. The first-order valence-corrected chi connectivity index (χ1v) is 10.3. The van der Waals surface area contributed by atoms with Crippen molar-refractivity contribution in [1.29, 1.82) is 0 Å². The quantitative estimate of drug-likeness (QED) is 0.318. The van der Waals surface area contributed by atoms with E-state index in [-0.39, 0.29) is 22.6 Å². The van der Waals surface area contributed by atoms with Crippen LogP contribution in [0.15, 0.2) is 78.5 Å². The fourth-order valence-corrected chi connectivity index (χ4v) is 3.61. The van der Waals surface area contributed by atoms with Crippen molar-refractivity contribution < 1.29 is 18.9 Å². The van der Waals surface area contributed by atoms with Crippen LogP contribution in [0.1, 0.15) is 30.9 Å². The molecule has 0 unspecified atom stereocenters. The summed E-state index contributed by atoms with van der Waals surface area (Å²) in [4.78, 5) is 38.0. The predicted molar refractivity (Wildman–Crippen MR) is 123 cm³/mol. The number of carbonyl (C=O) groups is 2. The number of nitrogens with zero attached hydrogens (tertiary/aromatic N) is 2. The number of hydrogen-bond donors (Lipinski definition) is 1. The van der Waals surface area contributed by atoms with E-state index in [0.717, 1.165) is 16.5 Å². The highest BCUT2D eigenvalue weighted by atomic mass is 19.1. The summed E-state index contributed by atoms with van der Waals surface area (Å²) in [6.07, 6.45) is 0. The summed E-state index contributed by atoms with van der Waals surface area (Å²) >= 11 is 0. The van der Waals surface area contributed by atoms with Crippen LogP contribution in [0, 0.1) is 15.9 Å². The molecule has 8 heteroatoms. The maximum Gasteiger partial charge on any atom is 0.282 e. The van der Waals surface area contributed by atoms with Gasteiger partial charge < -0.3 is 5.32 Å². The summed E-state index contributed by atoms with van der Waals surface area (Å²) in [6, 6.07) is 18.0. The second kappa shape index (κ2) is 8.66. The number of nitro benzene ring substituents is 1. The van der Waals surface area contributed by atoms with Gasteiger partial charge in [-0.2, -0.15) is 0 Å². The Morgan fingerprint density at radius 3 is 2.18 bits per heavy atom. The minimum atomic E-state index is -0.652. The van der Waals surface area contributed by atoms with E-state index in [0.29, 0.717) is 17.2 Å². The number of nitro groups is 1. The highest BCUT2D eigenvalue weighted by Gasteiger charge is 2.40. The Morgan fingerprint density at radius 1 is 0.939 bits per heavy atom. The third-order valence-electron chi connectivity index (χ3n) is 5.36. The summed E-state index contributed by atoms with van der Waals surface area (Å²) < 4.78 is 13.8. The molecular weight excluding hydrogens is 425 g/mol. The van der Waals surface area contributed by atoms with E-state index in [1.165, 1.54) is 42.5 Å². The van der Waals surface area contributed by atoms with E-state index in [2.05, 4.69) is 19.2 Å². The van der Waals surface area contributed by atoms with Gasteiger partial charge in [0.05, 0.1) is 16.2 Å². The van der Waals surface area contributed by atoms with E-state index in [4.69, 9.17) is 0 Å². The minimum Gasteiger partial charge on any atom is -0.350 e. The molecule has 0 atom stereocenters. The molecule has 1 heterocycles. The molecule has 1 aliphatic heterocycles. The lowest BCUT2D eigenvalue weighted by Crippen LogP contribution is -2.32. The Balaban J connectivity index is 1.79. The summed E-state index contributed by atoms with van der Waals surface area (Å²) in [5, 5.41) is 14.0. The minimum absolute atomic E-state index is 0.00964. The number of hydrogen-bond acceptors (Lipinski definition) is 5. The van der Waals surface area contributed by atoms with Crippen LogP contribution in [0.2, 0.25) is 0 Å². The van der Waals surface area contributed by atoms with Crippen molar-refractivity contribution in [2.75, 3.05) is 10.2 Å². The number of amides is 2. The zero-order valence-electron chi connectivity index (χ0n) is 17.9. The maximum atomic E-state index is 13.8. The van der Waals surface area contributed by atoms with Gasteiger partial charge in [-0.3, -0.25) is 19.7 Å². The normalized spacial score (nSPS) is 13.8. The van der Waals surface area contributed by atoms with Crippen LogP contribution < -0.4 is 10.2 Å². The average Bonchev–Trinajstić information content (AvgIpc) is 3.03. The maximum absolute atomic E-state index is 13.8. The van der Waals surface area contributed by atoms with Gasteiger partial charge in [-0.1, -0.05) is 32.0 Å². The lowest BCUT2D eigenvalue weighted by Gasteiger charge is -2.15. The van der Waals surface area contributed by atoms with Crippen molar-refractivity contribution in [2.24, 2.45) is 0 Å². The van der Waals surface area contributed by atoms with Gasteiger partial charge in [0.1, 0.15) is 11.5 Å². The number of halogens is 1. The molecule has 0 saturated carbocycles. The van der Waals surface area contributed by atoms with Crippen molar-refractivity contribution in [3.8, 4) is 0 Å². The zero-order chi connectivity index (χ0) is 23.7. The van der Waals surface area contributed by atoms with Crippen LogP contribution in [0.4, 0.5) is 21.5 Å². The number of nitrogens with one attached hydrogen (secondary N) is 1. The first kappa shape index (κ1) is 21.9. The fourth-order valence-electron chi connectivity index (χ4n) is 3.61. The van der Waals surface area contributed by atoms with E-state index >= 15 is 0 Å². The van der Waals surface area contributed by atoms with E-state index < -0.39 is 22.6 Å². The fraction of sp³-hybridized carbons (Fsp3) is 0.120. The average molecular weight is 445 g/mol. The van der Waals surface area contributed by atoms with Crippen LogP contribution in [0.5, 0.6) is 0 Å². The molecule has 3 aromatic carbocycles. The molecule has 7 nitrogen and oxygen atoms in total. The third kappa shape index (κ3) is 4.23. The van der Waals surface area contributed by atoms with Crippen molar-refractivity contribution in [2.45, 2.75) is 19.8 Å². The first-order valence-electron chi connectivity index (χ1n) is 10.3. The van der Waals surface area contributed by atoms with Gasteiger partial charge in [-0.15, -0.1) is 0 Å². The number of benzene rings is 3. The van der Waals surface area contributed by atoms with Crippen molar-refractivity contribution in [3.05, 3.63) is 106 Å². The van der Waals surface area contributed by atoms with Crippen LogP contribution in [0.25, 0.3) is 5.57 Å². The van der Waals surface area contributed by atoms with E-state index in [1.807, 2.05) is 12.1 Å². The van der Waals surface area contributed by atoms with Gasteiger partial charge >= 0.3 is 0 Å². The number of anilines is 2. The smallest absolute Gasteiger partial charge is 0.282 e. The Kier molecular flexibility index (Phi) is 5.74. The Morgan fingerprint density at radius 2 is 1.61 bits per heavy atom. The highest BCUT2D eigenvalue weighted by Crippen LogP contribution is 2.34. The number of imide groups is 1. The number of rotatable bonds is 6. The molecule has 33 heavy (non-hydrogen) atoms. The SMILES string of the molecule is CC(C)c1ccc(NC2=C(c3ccc([N+](=O)[O-])cc3)C(=O)N(c3cccc(F)c3)C2=O)cc1. The van der Waals surface area contributed by atoms with Crippen molar-refractivity contribution >= 4 is 34.4 Å². The second-order valence-corrected chi connectivity index (χ2v) is 7.88. The van der Waals surface area contributed by atoms with Crippen LogP contribution in [0.3, 0.4) is 0 Å². The molecule has 0 aromatic heterocycles.